The predicted octanol–water partition coefficient (Wildman–Crippen LogP) is 6.08. The van der Waals surface area contributed by atoms with Crippen molar-refractivity contribution in [2.24, 2.45) is 4.99 Å². The number of hydrogen-bond acceptors (Lipinski definition) is 5. The average Bonchev–Trinajstić information content (AvgIpc) is 3.15. The summed E-state index contributed by atoms with van der Waals surface area (Å²) in [5, 5.41) is 0. The standard InChI is InChI=1S/C26H22BrNO4/c1-3-30-23-15-19(13-21(27)24(23)31-16-18-11-9-17(2)10-12-18)14-22-26(29)32-25(28-22)20-7-5-4-6-8-20/h4-15H,3,16H2,1-2H3/b22-14-. The number of aryl methyl sites for hydroxylation is 1. The largest absolute Gasteiger partial charge is 0.490 e. The molecule has 6 heteroatoms. The van der Waals surface area contributed by atoms with Crippen molar-refractivity contribution in [2.75, 3.05) is 6.61 Å². The van der Waals surface area contributed by atoms with Crippen LogP contribution >= 0.6 is 15.9 Å². The zero-order valence-corrected chi connectivity index (χ0v) is 19.4. The van der Waals surface area contributed by atoms with Crippen molar-refractivity contribution in [3.8, 4) is 11.5 Å². The molecule has 1 aliphatic rings. The quantitative estimate of drug-likeness (QED) is 0.296. The number of benzene rings is 3. The molecular formula is C26H22BrNO4. The molecule has 3 aromatic carbocycles. The fraction of sp³-hybridized carbons (Fsp3) is 0.154. The van der Waals surface area contributed by atoms with Crippen molar-refractivity contribution in [1.82, 2.24) is 0 Å². The highest BCUT2D eigenvalue weighted by Gasteiger charge is 2.24. The first-order valence-electron chi connectivity index (χ1n) is 10.3. The number of hydrogen-bond donors (Lipinski definition) is 0. The summed E-state index contributed by atoms with van der Waals surface area (Å²) < 4.78 is 17.9. The van der Waals surface area contributed by atoms with E-state index in [0.717, 1.165) is 21.2 Å². The first-order chi connectivity index (χ1) is 15.5. The van der Waals surface area contributed by atoms with Crippen molar-refractivity contribution in [3.05, 3.63) is 99.2 Å². The van der Waals surface area contributed by atoms with Crippen LogP contribution in [0.1, 0.15) is 29.2 Å². The van der Waals surface area contributed by atoms with Gasteiger partial charge in [-0.1, -0.05) is 48.0 Å². The number of carbonyl (C=O) groups is 1. The predicted molar refractivity (Wildman–Crippen MR) is 128 cm³/mol. The number of rotatable bonds is 7. The minimum Gasteiger partial charge on any atom is -0.490 e. The summed E-state index contributed by atoms with van der Waals surface area (Å²) in [6.45, 7) is 4.85. The fourth-order valence-corrected chi connectivity index (χ4v) is 3.76. The molecule has 0 N–H and O–H groups in total. The number of aliphatic imine (C=N–C) groups is 1. The van der Waals surface area contributed by atoms with Gasteiger partial charge in [0.15, 0.2) is 17.2 Å². The number of ether oxygens (including phenoxy) is 3. The normalized spacial score (nSPS) is 14.3. The van der Waals surface area contributed by atoms with Gasteiger partial charge in [-0.25, -0.2) is 9.79 Å². The van der Waals surface area contributed by atoms with Gasteiger partial charge in [-0.3, -0.25) is 0 Å². The molecule has 1 heterocycles. The Morgan fingerprint density at radius 1 is 1.03 bits per heavy atom. The van der Waals surface area contributed by atoms with Crippen LogP contribution in [-0.4, -0.2) is 18.5 Å². The second-order valence-corrected chi connectivity index (χ2v) is 8.09. The molecule has 0 aliphatic carbocycles. The summed E-state index contributed by atoms with van der Waals surface area (Å²) in [6.07, 6.45) is 1.68. The number of cyclic esters (lactones) is 1. The third-order valence-corrected chi connectivity index (χ3v) is 5.37. The molecule has 4 rings (SSSR count). The van der Waals surface area contributed by atoms with Crippen LogP contribution < -0.4 is 9.47 Å². The second kappa shape index (κ2) is 9.83. The van der Waals surface area contributed by atoms with E-state index in [-0.39, 0.29) is 5.70 Å². The van der Waals surface area contributed by atoms with Gasteiger partial charge < -0.3 is 14.2 Å². The smallest absolute Gasteiger partial charge is 0.363 e. The van der Waals surface area contributed by atoms with Crippen LogP contribution in [0.4, 0.5) is 0 Å². The minimum atomic E-state index is -0.488. The molecule has 0 unspecified atom stereocenters. The lowest BCUT2D eigenvalue weighted by Gasteiger charge is -2.15. The van der Waals surface area contributed by atoms with Gasteiger partial charge in [0.25, 0.3) is 0 Å². The van der Waals surface area contributed by atoms with E-state index in [1.165, 1.54) is 5.56 Å². The van der Waals surface area contributed by atoms with Crippen LogP contribution in [0, 0.1) is 6.92 Å². The lowest BCUT2D eigenvalue weighted by Crippen LogP contribution is -2.05. The molecular weight excluding hydrogens is 470 g/mol. The average molecular weight is 492 g/mol. The molecule has 5 nitrogen and oxygen atoms in total. The lowest BCUT2D eigenvalue weighted by atomic mass is 10.1. The van der Waals surface area contributed by atoms with Gasteiger partial charge >= 0.3 is 5.97 Å². The van der Waals surface area contributed by atoms with Crippen LogP contribution in [0.2, 0.25) is 0 Å². The topological polar surface area (TPSA) is 57.1 Å². The van der Waals surface area contributed by atoms with Crippen molar-refractivity contribution >= 4 is 33.9 Å². The Hall–Kier alpha value is -3.38. The zero-order chi connectivity index (χ0) is 22.5. The van der Waals surface area contributed by atoms with E-state index in [0.29, 0.717) is 30.6 Å². The monoisotopic (exact) mass is 491 g/mol. The zero-order valence-electron chi connectivity index (χ0n) is 17.8. The second-order valence-electron chi connectivity index (χ2n) is 7.24. The molecule has 0 amide bonds. The number of halogens is 1. The molecule has 3 aromatic rings. The summed E-state index contributed by atoms with van der Waals surface area (Å²) in [5.41, 5.74) is 3.98. The van der Waals surface area contributed by atoms with Crippen LogP contribution in [0.15, 0.2) is 81.9 Å². The summed E-state index contributed by atoms with van der Waals surface area (Å²) in [6, 6.07) is 21.2. The Morgan fingerprint density at radius 3 is 2.50 bits per heavy atom. The summed E-state index contributed by atoms with van der Waals surface area (Å²) >= 11 is 3.58. The van der Waals surface area contributed by atoms with E-state index in [1.807, 2.05) is 61.5 Å². The Balaban J connectivity index is 1.60. The van der Waals surface area contributed by atoms with E-state index < -0.39 is 5.97 Å². The summed E-state index contributed by atoms with van der Waals surface area (Å²) in [7, 11) is 0. The Bertz CT molecular complexity index is 1180. The highest BCUT2D eigenvalue weighted by Crippen LogP contribution is 2.38. The maximum atomic E-state index is 12.3. The molecule has 162 valence electrons. The third kappa shape index (κ3) is 5.08. The van der Waals surface area contributed by atoms with Gasteiger partial charge in [0, 0.05) is 5.56 Å². The van der Waals surface area contributed by atoms with E-state index in [4.69, 9.17) is 14.2 Å². The molecule has 0 spiro atoms. The van der Waals surface area contributed by atoms with Crippen molar-refractivity contribution < 1.29 is 19.0 Å². The van der Waals surface area contributed by atoms with Gasteiger partial charge in [-0.2, -0.15) is 0 Å². The van der Waals surface area contributed by atoms with Gasteiger partial charge in [0.05, 0.1) is 11.1 Å². The Morgan fingerprint density at radius 2 is 1.78 bits per heavy atom. The molecule has 1 aliphatic heterocycles. The van der Waals surface area contributed by atoms with E-state index >= 15 is 0 Å². The molecule has 0 atom stereocenters. The van der Waals surface area contributed by atoms with Gasteiger partial charge in [-0.15, -0.1) is 0 Å². The molecule has 0 fully saturated rings. The van der Waals surface area contributed by atoms with Crippen LogP contribution in [0.5, 0.6) is 11.5 Å². The molecule has 0 saturated carbocycles. The van der Waals surface area contributed by atoms with Gasteiger partial charge in [-0.05, 0) is 71.2 Å². The Kier molecular flexibility index (Phi) is 6.71. The van der Waals surface area contributed by atoms with E-state index in [2.05, 4.69) is 40.0 Å². The third-order valence-electron chi connectivity index (χ3n) is 4.78. The van der Waals surface area contributed by atoms with Crippen molar-refractivity contribution in [3.63, 3.8) is 0 Å². The number of esters is 1. The van der Waals surface area contributed by atoms with Gasteiger partial charge in [0.1, 0.15) is 6.61 Å². The summed E-state index contributed by atoms with van der Waals surface area (Å²) in [4.78, 5) is 16.7. The van der Waals surface area contributed by atoms with E-state index in [1.54, 1.807) is 6.08 Å². The van der Waals surface area contributed by atoms with Crippen molar-refractivity contribution in [1.29, 1.82) is 0 Å². The first kappa shape index (κ1) is 21.8. The summed E-state index contributed by atoms with van der Waals surface area (Å²) in [5.74, 6) is 0.998. The number of carbonyl (C=O) groups excluding carboxylic acids is 1. The van der Waals surface area contributed by atoms with Crippen LogP contribution in [-0.2, 0) is 16.1 Å². The van der Waals surface area contributed by atoms with Crippen LogP contribution in [0.3, 0.4) is 0 Å². The highest BCUT2D eigenvalue weighted by atomic mass is 79.9. The lowest BCUT2D eigenvalue weighted by molar-refractivity contribution is -0.129. The minimum absolute atomic E-state index is 0.228. The van der Waals surface area contributed by atoms with Crippen LogP contribution in [0.25, 0.3) is 6.08 Å². The molecule has 0 saturated heterocycles. The fourth-order valence-electron chi connectivity index (χ4n) is 3.19. The van der Waals surface area contributed by atoms with Crippen molar-refractivity contribution in [2.45, 2.75) is 20.5 Å². The molecule has 0 bridgehead atoms. The molecule has 0 aromatic heterocycles. The number of nitrogens with zero attached hydrogens (tertiary/aromatic N) is 1. The van der Waals surface area contributed by atoms with Gasteiger partial charge in [0.2, 0.25) is 5.90 Å². The Labute approximate surface area is 195 Å². The molecule has 0 radical (unpaired) electrons. The SMILES string of the molecule is CCOc1cc(/C=C2\N=C(c3ccccc3)OC2=O)cc(Br)c1OCc1ccc(C)cc1. The first-order valence-corrected chi connectivity index (χ1v) is 11.1. The van der Waals surface area contributed by atoms with E-state index in [9.17, 15) is 4.79 Å². The maximum absolute atomic E-state index is 12.3. The maximum Gasteiger partial charge on any atom is 0.363 e. The molecule has 32 heavy (non-hydrogen) atoms. The highest BCUT2D eigenvalue weighted by molar-refractivity contribution is 9.10.